The Labute approximate surface area is 124 Å². The van der Waals surface area contributed by atoms with Gasteiger partial charge in [-0.15, -0.1) is 0 Å². The molecule has 0 unspecified atom stereocenters. The van der Waals surface area contributed by atoms with Gasteiger partial charge in [-0.05, 0) is 24.6 Å². The molecule has 7 heteroatoms. The van der Waals surface area contributed by atoms with Crippen LogP contribution in [-0.2, 0) is 0 Å². The van der Waals surface area contributed by atoms with Crippen molar-refractivity contribution < 1.29 is 9.15 Å². The first-order valence-corrected chi connectivity index (χ1v) is 6.41. The molecule has 2 N–H and O–H groups in total. The first-order valence-electron chi connectivity index (χ1n) is 6.03. The molecule has 2 heterocycles. The smallest absolute Gasteiger partial charge is 0.336 e. The van der Waals surface area contributed by atoms with E-state index in [2.05, 4.69) is 9.97 Å². The third-order valence-electron chi connectivity index (χ3n) is 2.94. The molecule has 0 saturated carbocycles. The summed E-state index contributed by atoms with van der Waals surface area (Å²) in [7, 11) is 0. The highest BCUT2D eigenvalue weighted by Crippen LogP contribution is 2.30. The second-order valence-electron chi connectivity index (χ2n) is 4.39. The van der Waals surface area contributed by atoms with Crippen molar-refractivity contribution in [1.29, 1.82) is 0 Å². The molecule has 0 atom stereocenters. The number of rotatable bonds is 2. The summed E-state index contributed by atoms with van der Waals surface area (Å²) in [5.41, 5.74) is 6.72. The molecule has 3 aromatic rings. The normalized spacial score (nSPS) is 10.8. The zero-order valence-electron chi connectivity index (χ0n) is 11.0. The van der Waals surface area contributed by atoms with E-state index >= 15 is 0 Å². The van der Waals surface area contributed by atoms with Gasteiger partial charge in [-0.3, -0.25) is 0 Å². The minimum atomic E-state index is -0.415. The van der Waals surface area contributed by atoms with Crippen molar-refractivity contribution in [3.63, 3.8) is 0 Å². The number of fused-ring (bicyclic) bond motifs is 1. The summed E-state index contributed by atoms with van der Waals surface area (Å²) >= 11 is 5.80. The van der Waals surface area contributed by atoms with Gasteiger partial charge < -0.3 is 14.9 Å². The van der Waals surface area contributed by atoms with Gasteiger partial charge in [0, 0.05) is 17.5 Å². The van der Waals surface area contributed by atoms with Gasteiger partial charge in [0.25, 0.3) is 0 Å². The van der Waals surface area contributed by atoms with Crippen LogP contribution in [0.3, 0.4) is 0 Å². The molecular weight excluding hydrogens is 294 g/mol. The predicted molar refractivity (Wildman–Crippen MR) is 78.7 cm³/mol. The van der Waals surface area contributed by atoms with E-state index in [4.69, 9.17) is 26.5 Å². The first kappa shape index (κ1) is 13.4. The number of aromatic nitrogens is 2. The Kier molecular flexibility index (Phi) is 3.23. The highest BCUT2D eigenvalue weighted by molar-refractivity contribution is 6.32. The van der Waals surface area contributed by atoms with Gasteiger partial charge in [0.1, 0.15) is 23.3 Å². The number of nitrogen functional groups attached to an aromatic ring is 1. The van der Waals surface area contributed by atoms with Crippen LogP contribution in [0.1, 0.15) is 5.56 Å². The Hall–Kier alpha value is -2.60. The molecule has 0 amide bonds. The average molecular weight is 304 g/mol. The molecule has 0 saturated heterocycles. The van der Waals surface area contributed by atoms with E-state index < -0.39 is 5.63 Å². The predicted octanol–water partition coefficient (Wildman–Crippen LogP) is 2.92. The zero-order valence-corrected chi connectivity index (χ0v) is 11.7. The number of nitrogens with two attached hydrogens (primary N) is 1. The summed E-state index contributed by atoms with van der Waals surface area (Å²) < 4.78 is 10.7. The number of nitrogens with zero attached hydrogens (tertiary/aromatic N) is 2. The molecule has 0 bridgehead atoms. The van der Waals surface area contributed by atoms with E-state index in [1.54, 1.807) is 18.2 Å². The second-order valence-corrected chi connectivity index (χ2v) is 4.75. The molecule has 0 aliphatic heterocycles. The van der Waals surface area contributed by atoms with Crippen LogP contribution < -0.4 is 16.1 Å². The molecule has 6 nitrogen and oxygen atoms in total. The molecular formula is C14H10ClN3O3. The van der Waals surface area contributed by atoms with Crippen molar-refractivity contribution in [2.75, 3.05) is 5.73 Å². The van der Waals surface area contributed by atoms with E-state index in [1.165, 1.54) is 12.4 Å². The Morgan fingerprint density at radius 1 is 1.29 bits per heavy atom. The first-order chi connectivity index (χ1) is 10.0. The lowest BCUT2D eigenvalue weighted by atomic mass is 10.1. The molecule has 0 radical (unpaired) electrons. The van der Waals surface area contributed by atoms with Crippen LogP contribution in [0.15, 0.2) is 39.8 Å². The number of aryl methyl sites for hydroxylation is 1. The minimum absolute atomic E-state index is 0.114. The number of benzene rings is 1. The largest absolute Gasteiger partial charge is 0.437 e. The van der Waals surface area contributed by atoms with Gasteiger partial charge in [-0.2, -0.15) is 4.98 Å². The number of ether oxygens (including phenoxy) is 1. The van der Waals surface area contributed by atoms with Gasteiger partial charge in [0.05, 0.1) is 0 Å². The van der Waals surface area contributed by atoms with E-state index in [0.717, 1.165) is 10.9 Å². The molecule has 0 aliphatic rings. The Bertz CT molecular complexity index is 892. The van der Waals surface area contributed by atoms with Crippen LogP contribution in [0.4, 0.5) is 5.69 Å². The molecule has 0 spiro atoms. The summed E-state index contributed by atoms with van der Waals surface area (Å²) in [6, 6.07) is 6.55. The van der Waals surface area contributed by atoms with Crippen LogP contribution in [0, 0.1) is 6.92 Å². The summed E-state index contributed by atoms with van der Waals surface area (Å²) in [6.07, 6.45) is 1.25. The Morgan fingerprint density at radius 3 is 2.90 bits per heavy atom. The van der Waals surface area contributed by atoms with Gasteiger partial charge >= 0.3 is 5.63 Å². The van der Waals surface area contributed by atoms with Gasteiger partial charge in [-0.25, -0.2) is 9.78 Å². The lowest BCUT2D eigenvalue weighted by Crippen LogP contribution is -1.99. The molecule has 0 aliphatic carbocycles. The standard InChI is InChI=1S/C14H10ClN3O3/c1-7-4-11(19)21-10-5-8(2-3-9(7)10)20-14-12(16)13(15)17-6-18-14/h2-6H,16H2,1H3. The SMILES string of the molecule is Cc1cc(=O)oc2cc(Oc3ncnc(Cl)c3N)ccc12. The van der Waals surface area contributed by atoms with Gasteiger partial charge in [-0.1, -0.05) is 11.6 Å². The maximum Gasteiger partial charge on any atom is 0.336 e. The molecule has 3 rings (SSSR count). The van der Waals surface area contributed by atoms with E-state index in [9.17, 15) is 4.79 Å². The lowest BCUT2D eigenvalue weighted by Gasteiger charge is -2.08. The van der Waals surface area contributed by atoms with Crippen LogP contribution >= 0.6 is 11.6 Å². The van der Waals surface area contributed by atoms with Crippen molar-refractivity contribution >= 4 is 28.3 Å². The minimum Gasteiger partial charge on any atom is -0.437 e. The maximum atomic E-state index is 11.4. The fraction of sp³-hybridized carbons (Fsp3) is 0.0714. The van der Waals surface area contributed by atoms with Crippen molar-refractivity contribution in [2.45, 2.75) is 6.92 Å². The highest BCUT2D eigenvalue weighted by atomic mass is 35.5. The summed E-state index contributed by atoms with van der Waals surface area (Å²) in [5.74, 6) is 0.571. The van der Waals surface area contributed by atoms with Gasteiger partial charge in [0.15, 0.2) is 5.15 Å². The number of anilines is 1. The molecule has 0 fully saturated rings. The van der Waals surface area contributed by atoms with Crippen LogP contribution in [0.25, 0.3) is 11.0 Å². The summed E-state index contributed by atoms with van der Waals surface area (Å²) in [4.78, 5) is 19.1. The summed E-state index contributed by atoms with van der Waals surface area (Å²) in [6.45, 7) is 1.84. The number of hydrogen-bond donors (Lipinski definition) is 1. The monoisotopic (exact) mass is 303 g/mol. The Balaban J connectivity index is 2.05. The number of hydrogen-bond acceptors (Lipinski definition) is 6. The second kappa shape index (κ2) is 5.06. The molecule has 106 valence electrons. The quantitative estimate of drug-likeness (QED) is 0.578. The average Bonchev–Trinajstić information content (AvgIpc) is 2.43. The highest BCUT2D eigenvalue weighted by Gasteiger charge is 2.10. The topological polar surface area (TPSA) is 91.2 Å². The van der Waals surface area contributed by atoms with Crippen LogP contribution in [-0.4, -0.2) is 9.97 Å². The fourth-order valence-corrected chi connectivity index (χ4v) is 2.05. The fourth-order valence-electron chi connectivity index (χ4n) is 1.92. The van der Waals surface area contributed by atoms with E-state index in [0.29, 0.717) is 11.3 Å². The van der Waals surface area contributed by atoms with E-state index in [1.807, 2.05) is 6.92 Å². The molecule has 21 heavy (non-hydrogen) atoms. The van der Waals surface area contributed by atoms with Crippen LogP contribution in [0.2, 0.25) is 5.15 Å². The summed E-state index contributed by atoms with van der Waals surface area (Å²) in [5, 5.41) is 0.943. The maximum absolute atomic E-state index is 11.4. The van der Waals surface area contributed by atoms with Crippen molar-refractivity contribution in [1.82, 2.24) is 9.97 Å². The Morgan fingerprint density at radius 2 is 2.10 bits per heavy atom. The zero-order chi connectivity index (χ0) is 15.0. The van der Waals surface area contributed by atoms with Crippen LogP contribution in [0.5, 0.6) is 11.6 Å². The third-order valence-corrected chi connectivity index (χ3v) is 3.24. The number of halogens is 1. The van der Waals surface area contributed by atoms with Crippen molar-refractivity contribution in [3.05, 3.63) is 51.7 Å². The van der Waals surface area contributed by atoms with Crippen molar-refractivity contribution in [2.24, 2.45) is 0 Å². The van der Waals surface area contributed by atoms with Crippen molar-refractivity contribution in [3.8, 4) is 11.6 Å². The lowest BCUT2D eigenvalue weighted by molar-refractivity contribution is 0.462. The molecule has 2 aromatic heterocycles. The van der Waals surface area contributed by atoms with Gasteiger partial charge in [0.2, 0.25) is 5.88 Å². The third kappa shape index (κ3) is 2.53. The molecule has 1 aromatic carbocycles. The van der Waals surface area contributed by atoms with E-state index in [-0.39, 0.29) is 16.7 Å².